The summed E-state index contributed by atoms with van der Waals surface area (Å²) in [6, 6.07) is 0. The van der Waals surface area contributed by atoms with E-state index in [-0.39, 0.29) is 13.2 Å². The first-order valence-corrected chi connectivity index (χ1v) is 4.06. The summed E-state index contributed by atoms with van der Waals surface area (Å²) < 4.78 is 9.23. The van der Waals surface area contributed by atoms with Gasteiger partial charge in [-0.3, -0.25) is 0 Å². The van der Waals surface area contributed by atoms with Crippen molar-refractivity contribution in [1.29, 1.82) is 0 Å². The Morgan fingerprint density at radius 1 is 1.36 bits per heavy atom. The standard InChI is InChI=1S/C9H13NO4/c1-4-10-9(12)14-6-5-13-8(11)7(2)3/h4H,2,5-6H2,1,3H3. The van der Waals surface area contributed by atoms with E-state index in [9.17, 15) is 9.59 Å². The van der Waals surface area contributed by atoms with Crippen LogP contribution < -0.4 is 0 Å². The minimum atomic E-state index is -0.695. The molecule has 0 aromatic rings. The van der Waals surface area contributed by atoms with Crippen LogP contribution in [0.1, 0.15) is 13.8 Å². The molecule has 0 atom stereocenters. The van der Waals surface area contributed by atoms with Crippen molar-refractivity contribution >= 4 is 18.3 Å². The second-order valence-electron chi connectivity index (χ2n) is 2.42. The lowest BCUT2D eigenvalue weighted by Gasteiger charge is -2.03. The quantitative estimate of drug-likeness (QED) is 0.296. The first-order chi connectivity index (χ1) is 6.57. The molecule has 0 bridgehead atoms. The van der Waals surface area contributed by atoms with E-state index in [4.69, 9.17) is 0 Å². The van der Waals surface area contributed by atoms with Gasteiger partial charge in [-0.2, -0.15) is 4.99 Å². The number of aliphatic imine (C=N–C) groups is 1. The Morgan fingerprint density at radius 2 is 1.93 bits per heavy atom. The van der Waals surface area contributed by atoms with Gasteiger partial charge in [-0.15, -0.1) is 0 Å². The summed E-state index contributed by atoms with van der Waals surface area (Å²) in [5.41, 5.74) is 0.308. The van der Waals surface area contributed by atoms with Crippen LogP contribution in [0, 0.1) is 0 Å². The average molecular weight is 199 g/mol. The molecule has 78 valence electrons. The molecule has 0 aliphatic rings. The van der Waals surface area contributed by atoms with Crippen molar-refractivity contribution in [1.82, 2.24) is 0 Å². The van der Waals surface area contributed by atoms with Gasteiger partial charge in [0.1, 0.15) is 13.2 Å². The molecule has 0 aromatic carbocycles. The highest BCUT2D eigenvalue weighted by Crippen LogP contribution is 1.92. The fourth-order valence-corrected chi connectivity index (χ4v) is 0.529. The molecule has 0 unspecified atom stereocenters. The highest BCUT2D eigenvalue weighted by molar-refractivity contribution is 5.86. The molecule has 0 radical (unpaired) electrons. The minimum Gasteiger partial charge on any atom is -0.459 e. The lowest BCUT2D eigenvalue weighted by atomic mass is 10.4. The zero-order valence-electron chi connectivity index (χ0n) is 8.28. The Balaban J connectivity index is 3.52. The molecule has 0 rings (SSSR count). The van der Waals surface area contributed by atoms with Gasteiger partial charge in [-0.05, 0) is 13.8 Å². The highest BCUT2D eigenvalue weighted by atomic mass is 16.6. The third-order valence-corrected chi connectivity index (χ3v) is 1.12. The van der Waals surface area contributed by atoms with Gasteiger partial charge in [0.15, 0.2) is 0 Å². The van der Waals surface area contributed by atoms with Crippen molar-refractivity contribution in [3.05, 3.63) is 12.2 Å². The van der Waals surface area contributed by atoms with Crippen LogP contribution in [0.4, 0.5) is 4.79 Å². The number of hydrogen-bond donors (Lipinski definition) is 0. The summed E-state index contributed by atoms with van der Waals surface area (Å²) in [5.74, 6) is -0.500. The van der Waals surface area contributed by atoms with Crippen molar-refractivity contribution in [2.75, 3.05) is 13.2 Å². The SMILES string of the molecule is C=C(C)C(=O)OCCOC(=O)N=CC. The van der Waals surface area contributed by atoms with Crippen molar-refractivity contribution in [3.63, 3.8) is 0 Å². The third kappa shape index (κ3) is 5.93. The zero-order valence-corrected chi connectivity index (χ0v) is 8.28. The number of carbonyl (C=O) groups excluding carboxylic acids is 2. The molecule has 0 saturated heterocycles. The van der Waals surface area contributed by atoms with E-state index in [0.717, 1.165) is 0 Å². The molecule has 0 spiro atoms. The first-order valence-electron chi connectivity index (χ1n) is 4.06. The lowest BCUT2D eigenvalue weighted by Crippen LogP contribution is -2.12. The molecule has 0 aliphatic carbocycles. The number of hydrogen-bond acceptors (Lipinski definition) is 4. The number of amides is 1. The minimum absolute atomic E-state index is 0.00477. The van der Waals surface area contributed by atoms with E-state index in [1.54, 1.807) is 6.92 Å². The summed E-state index contributed by atoms with van der Waals surface area (Å²) in [7, 11) is 0. The van der Waals surface area contributed by atoms with Crippen LogP contribution in [0.15, 0.2) is 17.1 Å². The van der Waals surface area contributed by atoms with Crippen molar-refractivity contribution in [2.45, 2.75) is 13.8 Å². The smallest absolute Gasteiger partial charge is 0.433 e. The molecule has 14 heavy (non-hydrogen) atoms. The molecular formula is C9H13NO4. The molecule has 5 heteroatoms. The molecule has 5 nitrogen and oxygen atoms in total. The normalized spacial score (nSPS) is 9.86. The number of carbonyl (C=O) groups is 2. The van der Waals surface area contributed by atoms with Crippen LogP contribution in [0.3, 0.4) is 0 Å². The fraction of sp³-hybridized carbons (Fsp3) is 0.444. The van der Waals surface area contributed by atoms with Gasteiger partial charge in [-0.25, -0.2) is 9.59 Å². The van der Waals surface area contributed by atoms with Gasteiger partial charge >= 0.3 is 12.1 Å². The molecular weight excluding hydrogens is 186 g/mol. The van der Waals surface area contributed by atoms with Gasteiger partial charge in [-0.1, -0.05) is 6.58 Å². The van der Waals surface area contributed by atoms with Crippen LogP contribution >= 0.6 is 0 Å². The molecule has 0 saturated carbocycles. The maximum absolute atomic E-state index is 10.8. The molecule has 1 amide bonds. The van der Waals surface area contributed by atoms with E-state index >= 15 is 0 Å². The second kappa shape index (κ2) is 6.82. The maximum Gasteiger partial charge on any atom is 0.433 e. The topological polar surface area (TPSA) is 65.0 Å². The van der Waals surface area contributed by atoms with Gasteiger partial charge in [0.25, 0.3) is 0 Å². The Labute approximate surface area is 82.4 Å². The summed E-state index contributed by atoms with van der Waals surface area (Å²) in [6.07, 6.45) is 0.626. The summed E-state index contributed by atoms with van der Waals surface area (Å²) in [5, 5.41) is 0. The Morgan fingerprint density at radius 3 is 2.43 bits per heavy atom. The molecule has 0 aliphatic heterocycles. The van der Waals surface area contributed by atoms with E-state index in [0.29, 0.717) is 5.57 Å². The van der Waals surface area contributed by atoms with E-state index in [1.807, 2.05) is 0 Å². The van der Waals surface area contributed by atoms with Gasteiger partial charge in [0.2, 0.25) is 0 Å². The average Bonchev–Trinajstić information content (AvgIpc) is 2.12. The maximum atomic E-state index is 10.8. The number of esters is 1. The van der Waals surface area contributed by atoms with Crippen LogP contribution in [0.5, 0.6) is 0 Å². The Bertz CT molecular complexity index is 258. The van der Waals surface area contributed by atoms with Crippen molar-refractivity contribution in [3.8, 4) is 0 Å². The molecule has 0 heterocycles. The van der Waals surface area contributed by atoms with Crippen LogP contribution in [-0.4, -0.2) is 31.5 Å². The highest BCUT2D eigenvalue weighted by Gasteiger charge is 2.03. The summed E-state index contributed by atoms with van der Waals surface area (Å²) in [4.78, 5) is 24.8. The number of nitrogens with zero attached hydrogens (tertiary/aromatic N) is 1. The van der Waals surface area contributed by atoms with Crippen LogP contribution in [0.25, 0.3) is 0 Å². The lowest BCUT2D eigenvalue weighted by molar-refractivity contribution is -0.139. The van der Waals surface area contributed by atoms with E-state index in [1.165, 1.54) is 13.1 Å². The van der Waals surface area contributed by atoms with E-state index in [2.05, 4.69) is 21.0 Å². The van der Waals surface area contributed by atoms with E-state index < -0.39 is 12.1 Å². The molecule has 0 N–H and O–H groups in total. The number of rotatable bonds is 4. The van der Waals surface area contributed by atoms with Crippen molar-refractivity contribution in [2.24, 2.45) is 4.99 Å². The van der Waals surface area contributed by atoms with Crippen LogP contribution in [-0.2, 0) is 14.3 Å². The monoisotopic (exact) mass is 199 g/mol. The molecule has 0 aromatic heterocycles. The zero-order chi connectivity index (χ0) is 11.0. The van der Waals surface area contributed by atoms with Gasteiger partial charge in [0.05, 0.1) is 0 Å². The second-order valence-corrected chi connectivity index (χ2v) is 2.42. The van der Waals surface area contributed by atoms with Gasteiger partial charge < -0.3 is 9.47 Å². The summed E-state index contributed by atoms with van der Waals surface area (Å²) >= 11 is 0. The Hall–Kier alpha value is -1.65. The predicted octanol–water partition coefficient (Wildman–Crippen LogP) is 1.33. The van der Waals surface area contributed by atoms with Gasteiger partial charge in [0, 0.05) is 11.8 Å². The summed E-state index contributed by atoms with van der Waals surface area (Å²) in [6.45, 7) is 6.54. The predicted molar refractivity (Wildman–Crippen MR) is 51.3 cm³/mol. The Kier molecular flexibility index (Phi) is 6.02. The third-order valence-electron chi connectivity index (χ3n) is 1.12. The molecule has 0 fully saturated rings. The van der Waals surface area contributed by atoms with Crippen molar-refractivity contribution < 1.29 is 19.1 Å². The van der Waals surface area contributed by atoms with Crippen LogP contribution in [0.2, 0.25) is 0 Å². The largest absolute Gasteiger partial charge is 0.459 e. The first kappa shape index (κ1) is 12.3. The number of ether oxygens (including phenoxy) is 2. The fourth-order valence-electron chi connectivity index (χ4n) is 0.529.